The van der Waals surface area contributed by atoms with Gasteiger partial charge in [-0.15, -0.1) is 0 Å². The van der Waals surface area contributed by atoms with Crippen LogP contribution in [-0.2, 0) is 9.53 Å². The molecule has 9 heteroatoms. The van der Waals surface area contributed by atoms with Gasteiger partial charge in [-0.1, -0.05) is 6.07 Å². The molecule has 2 N–H and O–H groups in total. The van der Waals surface area contributed by atoms with Crippen LogP contribution in [0.1, 0.15) is 52.8 Å². The van der Waals surface area contributed by atoms with Gasteiger partial charge in [0.2, 0.25) is 5.91 Å². The third kappa shape index (κ3) is 5.51. The quantitative estimate of drug-likeness (QED) is 0.641. The molecule has 2 aromatic rings. The maximum atomic E-state index is 13.5. The lowest BCUT2D eigenvalue weighted by molar-refractivity contribution is -0.134. The van der Waals surface area contributed by atoms with E-state index in [-0.39, 0.29) is 42.2 Å². The zero-order valence-electron chi connectivity index (χ0n) is 20.2. The average Bonchev–Trinajstić information content (AvgIpc) is 3.70. The molecule has 0 unspecified atom stereocenters. The molecule has 5 rings (SSSR count). The number of carbonyl (C=O) groups is 3. The lowest BCUT2D eigenvalue weighted by Crippen LogP contribution is -2.54. The molecule has 190 valence electrons. The molecule has 3 aliphatic rings. The van der Waals surface area contributed by atoms with Crippen LogP contribution in [0.3, 0.4) is 0 Å². The average molecular weight is 496 g/mol. The number of likely N-dealkylation sites (N-methyl/N-ethyl adjacent to an activating group) is 1. The zero-order chi connectivity index (χ0) is 25.2. The molecule has 1 saturated heterocycles. The maximum absolute atomic E-state index is 13.5. The number of fused-ring (bicyclic) bond motifs is 2. The minimum atomic E-state index is -0.503. The van der Waals surface area contributed by atoms with E-state index >= 15 is 0 Å². The van der Waals surface area contributed by atoms with Gasteiger partial charge in [-0.2, -0.15) is 0 Å². The Morgan fingerprint density at radius 3 is 2.72 bits per heavy atom. The molecule has 2 heterocycles. The number of benzene rings is 2. The Balaban J connectivity index is 1.26. The number of amides is 3. The number of halogens is 1. The van der Waals surface area contributed by atoms with Crippen molar-refractivity contribution in [3.8, 4) is 5.75 Å². The van der Waals surface area contributed by atoms with Gasteiger partial charge >= 0.3 is 0 Å². The fourth-order valence-electron chi connectivity index (χ4n) is 4.80. The number of anilines is 1. The smallest absolute Gasteiger partial charge is 0.257 e. The summed E-state index contributed by atoms with van der Waals surface area (Å²) in [5.74, 6) is -0.210. The highest BCUT2D eigenvalue weighted by Gasteiger charge is 2.39. The number of rotatable bonds is 6. The molecule has 0 bridgehead atoms. The lowest BCUT2D eigenvalue weighted by Gasteiger charge is -2.42. The summed E-state index contributed by atoms with van der Waals surface area (Å²) in [5.41, 5.74) is 0.914. The van der Waals surface area contributed by atoms with Gasteiger partial charge in [0.15, 0.2) is 0 Å². The summed E-state index contributed by atoms with van der Waals surface area (Å²) in [4.78, 5) is 39.8. The Kier molecular flexibility index (Phi) is 6.91. The highest BCUT2D eigenvalue weighted by atomic mass is 19.1. The van der Waals surface area contributed by atoms with Crippen LogP contribution in [0, 0.1) is 11.7 Å². The minimum absolute atomic E-state index is 0.000271. The minimum Gasteiger partial charge on any atom is -0.490 e. The Bertz CT molecular complexity index is 1170. The fourth-order valence-corrected chi connectivity index (χ4v) is 4.80. The van der Waals surface area contributed by atoms with E-state index in [4.69, 9.17) is 9.47 Å². The van der Waals surface area contributed by atoms with Crippen molar-refractivity contribution >= 4 is 23.4 Å². The molecule has 2 fully saturated rings. The predicted molar refractivity (Wildman–Crippen MR) is 130 cm³/mol. The second kappa shape index (κ2) is 10.3. The van der Waals surface area contributed by atoms with E-state index in [1.165, 1.54) is 31.0 Å². The summed E-state index contributed by atoms with van der Waals surface area (Å²) < 4.78 is 25.7. The van der Waals surface area contributed by atoms with E-state index in [2.05, 4.69) is 10.6 Å². The number of hydrogen-bond acceptors (Lipinski definition) is 5. The van der Waals surface area contributed by atoms with Gasteiger partial charge in [0.25, 0.3) is 11.8 Å². The predicted octanol–water partition coefficient (Wildman–Crippen LogP) is 3.37. The molecule has 0 spiro atoms. The van der Waals surface area contributed by atoms with Crippen molar-refractivity contribution in [1.29, 1.82) is 0 Å². The number of hydrogen-bond donors (Lipinski definition) is 2. The third-order valence-corrected chi connectivity index (χ3v) is 7.05. The van der Waals surface area contributed by atoms with Gasteiger partial charge in [-0.05, 0) is 68.0 Å². The van der Waals surface area contributed by atoms with Gasteiger partial charge in [-0.3, -0.25) is 14.4 Å². The van der Waals surface area contributed by atoms with E-state index in [0.29, 0.717) is 42.2 Å². The number of nitrogens with one attached hydrogen (secondary N) is 2. The Morgan fingerprint density at radius 1 is 1.11 bits per heavy atom. The maximum Gasteiger partial charge on any atom is 0.257 e. The van der Waals surface area contributed by atoms with Crippen molar-refractivity contribution in [2.75, 3.05) is 25.5 Å². The van der Waals surface area contributed by atoms with Crippen LogP contribution in [-0.4, -0.2) is 61.1 Å². The first-order valence-electron chi connectivity index (χ1n) is 12.4. The monoisotopic (exact) mass is 495 g/mol. The number of ether oxygens (including phenoxy) is 2. The highest BCUT2D eigenvalue weighted by molar-refractivity contribution is 6.05. The first-order chi connectivity index (χ1) is 17.4. The first-order valence-corrected chi connectivity index (χ1v) is 12.4. The molecule has 1 saturated carbocycles. The molecule has 3 amide bonds. The molecule has 2 aliphatic heterocycles. The molecular weight excluding hydrogens is 465 g/mol. The fraction of sp³-hybridized carbons (Fsp3) is 0.444. The Morgan fingerprint density at radius 2 is 1.94 bits per heavy atom. The summed E-state index contributed by atoms with van der Waals surface area (Å²) in [7, 11) is 1.74. The van der Waals surface area contributed by atoms with Crippen molar-refractivity contribution in [1.82, 2.24) is 10.2 Å². The van der Waals surface area contributed by atoms with Crippen LogP contribution in [0.2, 0.25) is 0 Å². The van der Waals surface area contributed by atoms with Crippen molar-refractivity contribution < 1.29 is 28.2 Å². The summed E-state index contributed by atoms with van der Waals surface area (Å²) in [6.07, 6.45) is 3.48. The third-order valence-electron chi connectivity index (χ3n) is 7.05. The SMILES string of the molecule is CN1C(=O)c2cc(NC(=O)c3cccc(F)c3)ccc2OC[C@@H]2O[C@H](CC(=O)NCC3CC3)CC[C@@H]21. The standard InChI is InChI=1S/C27H30FN3O5/c1-31-22-9-8-20(13-25(32)29-14-16-5-6-16)36-24(22)15-35-23-10-7-19(12-21(23)27(31)34)30-26(33)17-3-2-4-18(28)11-17/h2-4,7,10-12,16,20,22,24H,5-6,8-9,13-15H2,1H3,(H,29,32)(H,30,33)/t20-,22-,24-/m0/s1. The summed E-state index contributed by atoms with van der Waals surface area (Å²) in [5, 5.41) is 5.70. The van der Waals surface area contributed by atoms with E-state index in [0.717, 1.165) is 12.6 Å². The lowest BCUT2D eigenvalue weighted by atomic mass is 9.94. The van der Waals surface area contributed by atoms with Crippen LogP contribution >= 0.6 is 0 Å². The van der Waals surface area contributed by atoms with E-state index in [1.54, 1.807) is 30.1 Å². The van der Waals surface area contributed by atoms with Crippen molar-refractivity contribution in [3.63, 3.8) is 0 Å². The number of nitrogens with zero attached hydrogens (tertiary/aromatic N) is 1. The Labute approximate surface area is 209 Å². The first kappa shape index (κ1) is 24.2. The molecule has 2 aromatic carbocycles. The van der Waals surface area contributed by atoms with Crippen LogP contribution in [0.5, 0.6) is 5.75 Å². The van der Waals surface area contributed by atoms with Crippen molar-refractivity contribution in [2.45, 2.75) is 50.4 Å². The highest BCUT2D eigenvalue weighted by Crippen LogP contribution is 2.33. The molecule has 0 radical (unpaired) electrons. The van der Waals surface area contributed by atoms with Crippen molar-refractivity contribution in [2.24, 2.45) is 5.92 Å². The van der Waals surface area contributed by atoms with Gasteiger partial charge in [0.05, 0.1) is 24.1 Å². The van der Waals surface area contributed by atoms with Gasteiger partial charge in [0, 0.05) is 24.8 Å². The van der Waals surface area contributed by atoms with Crippen LogP contribution in [0.15, 0.2) is 42.5 Å². The second-order valence-electron chi connectivity index (χ2n) is 9.80. The normalized spacial score (nSPS) is 23.4. The molecule has 36 heavy (non-hydrogen) atoms. The van der Waals surface area contributed by atoms with Gasteiger partial charge in [-0.25, -0.2) is 4.39 Å². The largest absolute Gasteiger partial charge is 0.490 e. The van der Waals surface area contributed by atoms with Crippen LogP contribution in [0.4, 0.5) is 10.1 Å². The van der Waals surface area contributed by atoms with E-state index < -0.39 is 11.7 Å². The second-order valence-corrected chi connectivity index (χ2v) is 9.80. The summed E-state index contributed by atoms with van der Waals surface area (Å²) in [6, 6.07) is 10.0. The molecule has 0 aromatic heterocycles. The van der Waals surface area contributed by atoms with Gasteiger partial charge < -0.3 is 25.0 Å². The molecule has 3 atom stereocenters. The molecular formula is C27H30FN3O5. The topological polar surface area (TPSA) is 97.0 Å². The van der Waals surface area contributed by atoms with Gasteiger partial charge in [0.1, 0.15) is 24.3 Å². The van der Waals surface area contributed by atoms with Crippen LogP contribution in [0.25, 0.3) is 0 Å². The molecule has 1 aliphatic carbocycles. The summed E-state index contributed by atoms with van der Waals surface area (Å²) in [6.45, 7) is 0.976. The van der Waals surface area contributed by atoms with Crippen LogP contribution < -0.4 is 15.4 Å². The van der Waals surface area contributed by atoms with E-state index in [1.807, 2.05) is 0 Å². The van der Waals surface area contributed by atoms with Crippen molar-refractivity contribution in [3.05, 3.63) is 59.4 Å². The number of carbonyl (C=O) groups excluding carboxylic acids is 3. The van der Waals surface area contributed by atoms with E-state index in [9.17, 15) is 18.8 Å². The summed E-state index contributed by atoms with van der Waals surface area (Å²) >= 11 is 0. The zero-order valence-corrected chi connectivity index (χ0v) is 20.2. The molecule has 8 nitrogen and oxygen atoms in total. The Hall–Kier alpha value is -3.46.